The van der Waals surface area contributed by atoms with Crippen LogP contribution < -0.4 is 10.1 Å². The van der Waals surface area contributed by atoms with Crippen LogP contribution in [-0.2, 0) is 6.54 Å². The topological polar surface area (TPSA) is 21.3 Å². The van der Waals surface area contributed by atoms with E-state index in [2.05, 4.69) is 23.5 Å². The van der Waals surface area contributed by atoms with Crippen LogP contribution in [0.4, 0.5) is 5.69 Å². The summed E-state index contributed by atoms with van der Waals surface area (Å²) in [6.07, 6.45) is 0. The molecule has 0 bridgehead atoms. The maximum absolute atomic E-state index is 6.45. The van der Waals surface area contributed by atoms with Crippen molar-refractivity contribution in [3.05, 3.63) is 57.9 Å². The van der Waals surface area contributed by atoms with Gasteiger partial charge in [0.05, 0.1) is 18.7 Å². The third-order valence-corrected chi connectivity index (χ3v) is 5.16. The van der Waals surface area contributed by atoms with E-state index in [4.69, 9.17) is 16.3 Å². The molecule has 3 aromatic rings. The zero-order chi connectivity index (χ0) is 14.8. The molecule has 0 aliphatic heterocycles. The average Bonchev–Trinajstić information content (AvgIpc) is 2.82. The predicted octanol–water partition coefficient (Wildman–Crippen LogP) is 5.48. The Labute approximate surface area is 133 Å². The molecule has 1 heterocycles. The fourth-order valence-electron chi connectivity index (χ4n) is 2.35. The number of hydrogen-bond acceptors (Lipinski definition) is 3. The summed E-state index contributed by atoms with van der Waals surface area (Å²) >= 11 is 8.19. The highest BCUT2D eigenvalue weighted by atomic mass is 35.5. The van der Waals surface area contributed by atoms with Crippen molar-refractivity contribution in [1.29, 1.82) is 0 Å². The zero-order valence-electron chi connectivity index (χ0n) is 11.9. The number of anilines is 1. The lowest BCUT2D eigenvalue weighted by molar-refractivity contribution is 0.412. The number of nitrogens with one attached hydrogen (secondary N) is 1. The number of methoxy groups -OCH3 is 1. The van der Waals surface area contributed by atoms with E-state index in [9.17, 15) is 0 Å². The molecule has 0 saturated heterocycles. The highest BCUT2D eigenvalue weighted by Crippen LogP contribution is 2.35. The second-order valence-corrected chi connectivity index (χ2v) is 6.39. The fourth-order valence-corrected chi connectivity index (χ4v) is 3.79. The van der Waals surface area contributed by atoms with E-state index < -0.39 is 0 Å². The standard InChI is InChI=1S/C17H16ClNOS/c1-11-9-12(7-8-14(11)20-2)19-10-16-17(18)13-5-3-4-6-15(13)21-16/h3-9,19H,10H2,1-2H3. The molecule has 4 heteroatoms. The molecule has 3 rings (SSSR count). The monoisotopic (exact) mass is 317 g/mol. The summed E-state index contributed by atoms with van der Waals surface area (Å²) in [6.45, 7) is 2.76. The molecular formula is C17H16ClNOS. The van der Waals surface area contributed by atoms with Gasteiger partial charge in [0.2, 0.25) is 0 Å². The Hall–Kier alpha value is -1.71. The van der Waals surface area contributed by atoms with Gasteiger partial charge in [0, 0.05) is 20.7 Å². The molecule has 21 heavy (non-hydrogen) atoms. The first kappa shape index (κ1) is 14.2. The Bertz CT molecular complexity index is 782. The van der Waals surface area contributed by atoms with E-state index in [-0.39, 0.29) is 0 Å². The van der Waals surface area contributed by atoms with Gasteiger partial charge in [-0.3, -0.25) is 0 Å². The molecule has 0 fully saturated rings. The minimum atomic E-state index is 0.726. The summed E-state index contributed by atoms with van der Waals surface area (Å²) < 4.78 is 6.50. The van der Waals surface area contributed by atoms with E-state index >= 15 is 0 Å². The van der Waals surface area contributed by atoms with Gasteiger partial charge in [0.1, 0.15) is 5.75 Å². The SMILES string of the molecule is COc1ccc(NCc2sc3ccccc3c2Cl)cc1C. The van der Waals surface area contributed by atoms with Crippen molar-refractivity contribution in [3.63, 3.8) is 0 Å². The first-order chi connectivity index (χ1) is 10.2. The number of hydrogen-bond donors (Lipinski definition) is 1. The van der Waals surface area contributed by atoms with Gasteiger partial charge in [0.15, 0.2) is 0 Å². The second kappa shape index (κ2) is 5.96. The highest BCUT2D eigenvalue weighted by molar-refractivity contribution is 7.19. The van der Waals surface area contributed by atoms with Crippen molar-refractivity contribution in [2.24, 2.45) is 0 Å². The second-order valence-electron chi connectivity index (χ2n) is 4.87. The van der Waals surface area contributed by atoms with E-state index in [0.29, 0.717) is 0 Å². The number of ether oxygens (including phenoxy) is 1. The molecule has 2 nitrogen and oxygen atoms in total. The predicted molar refractivity (Wildman–Crippen MR) is 91.9 cm³/mol. The van der Waals surface area contributed by atoms with Crippen LogP contribution >= 0.6 is 22.9 Å². The Morgan fingerprint density at radius 3 is 2.71 bits per heavy atom. The zero-order valence-corrected chi connectivity index (χ0v) is 13.5. The first-order valence-electron chi connectivity index (χ1n) is 6.73. The van der Waals surface area contributed by atoms with Gasteiger partial charge < -0.3 is 10.1 Å². The van der Waals surface area contributed by atoms with Crippen LogP contribution in [0.25, 0.3) is 10.1 Å². The Kier molecular flexibility index (Phi) is 4.04. The van der Waals surface area contributed by atoms with Crippen LogP contribution in [0.5, 0.6) is 5.75 Å². The van der Waals surface area contributed by atoms with Gasteiger partial charge in [-0.15, -0.1) is 11.3 Å². The summed E-state index contributed by atoms with van der Waals surface area (Å²) in [5.74, 6) is 0.903. The van der Waals surface area contributed by atoms with Crippen molar-refractivity contribution in [2.75, 3.05) is 12.4 Å². The van der Waals surface area contributed by atoms with E-state index in [1.807, 2.05) is 31.2 Å². The molecule has 0 spiro atoms. The van der Waals surface area contributed by atoms with Crippen molar-refractivity contribution >= 4 is 38.7 Å². The van der Waals surface area contributed by atoms with Gasteiger partial charge in [-0.2, -0.15) is 0 Å². The molecule has 0 unspecified atom stereocenters. The third-order valence-electron chi connectivity index (χ3n) is 3.45. The number of halogens is 1. The van der Waals surface area contributed by atoms with Crippen molar-refractivity contribution in [1.82, 2.24) is 0 Å². The molecule has 0 amide bonds. The minimum Gasteiger partial charge on any atom is -0.496 e. The van der Waals surface area contributed by atoms with Gasteiger partial charge in [0.25, 0.3) is 0 Å². The summed E-state index contributed by atoms with van der Waals surface area (Å²) in [4.78, 5) is 1.16. The molecule has 1 aromatic heterocycles. The van der Waals surface area contributed by atoms with E-state index in [1.54, 1.807) is 18.4 Å². The van der Waals surface area contributed by atoms with Crippen LogP contribution in [0.3, 0.4) is 0 Å². The van der Waals surface area contributed by atoms with E-state index in [0.717, 1.165) is 38.8 Å². The molecule has 0 radical (unpaired) electrons. The van der Waals surface area contributed by atoms with Crippen LogP contribution in [-0.4, -0.2) is 7.11 Å². The lowest BCUT2D eigenvalue weighted by Crippen LogP contribution is -1.98. The normalized spacial score (nSPS) is 10.8. The summed E-state index contributed by atoms with van der Waals surface area (Å²) in [7, 11) is 1.69. The molecule has 0 aliphatic carbocycles. The van der Waals surface area contributed by atoms with Crippen LogP contribution in [0.1, 0.15) is 10.4 Å². The highest BCUT2D eigenvalue weighted by Gasteiger charge is 2.09. The van der Waals surface area contributed by atoms with Crippen molar-refractivity contribution < 1.29 is 4.74 Å². The molecule has 0 atom stereocenters. The minimum absolute atomic E-state index is 0.726. The molecule has 1 N–H and O–H groups in total. The lowest BCUT2D eigenvalue weighted by atomic mass is 10.2. The number of rotatable bonds is 4. The summed E-state index contributed by atoms with van der Waals surface area (Å²) in [6, 6.07) is 14.3. The number of thiophene rings is 1. The maximum atomic E-state index is 6.45. The van der Waals surface area contributed by atoms with Gasteiger partial charge in [-0.25, -0.2) is 0 Å². The molecule has 0 saturated carbocycles. The van der Waals surface area contributed by atoms with Crippen LogP contribution in [0.2, 0.25) is 5.02 Å². The Morgan fingerprint density at radius 1 is 1.19 bits per heavy atom. The number of fused-ring (bicyclic) bond motifs is 1. The molecule has 0 aliphatic rings. The molecule has 108 valence electrons. The summed E-state index contributed by atoms with van der Waals surface area (Å²) in [5, 5.41) is 5.41. The van der Waals surface area contributed by atoms with Gasteiger partial charge in [-0.05, 0) is 36.8 Å². The lowest BCUT2D eigenvalue weighted by Gasteiger charge is -2.09. The largest absolute Gasteiger partial charge is 0.496 e. The summed E-state index contributed by atoms with van der Waals surface area (Å²) in [5.41, 5.74) is 2.19. The quantitative estimate of drug-likeness (QED) is 0.687. The fraction of sp³-hybridized carbons (Fsp3) is 0.176. The van der Waals surface area contributed by atoms with E-state index in [1.165, 1.54) is 4.70 Å². The Balaban J connectivity index is 1.80. The first-order valence-corrected chi connectivity index (χ1v) is 7.93. The third kappa shape index (κ3) is 2.85. The molecular weight excluding hydrogens is 302 g/mol. The van der Waals surface area contributed by atoms with Crippen LogP contribution in [0, 0.1) is 6.92 Å². The van der Waals surface area contributed by atoms with Gasteiger partial charge in [-0.1, -0.05) is 29.8 Å². The van der Waals surface area contributed by atoms with Crippen molar-refractivity contribution in [3.8, 4) is 5.75 Å². The number of benzene rings is 2. The smallest absolute Gasteiger partial charge is 0.121 e. The molecule has 2 aromatic carbocycles. The van der Waals surface area contributed by atoms with Crippen LogP contribution in [0.15, 0.2) is 42.5 Å². The van der Waals surface area contributed by atoms with Crippen molar-refractivity contribution in [2.45, 2.75) is 13.5 Å². The average molecular weight is 318 g/mol. The maximum Gasteiger partial charge on any atom is 0.121 e. The Morgan fingerprint density at radius 2 is 2.00 bits per heavy atom. The number of aryl methyl sites for hydroxylation is 1. The van der Waals surface area contributed by atoms with Gasteiger partial charge >= 0.3 is 0 Å².